The summed E-state index contributed by atoms with van der Waals surface area (Å²) in [6.45, 7) is 6.93. The summed E-state index contributed by atoms with van der Waals surface area (Å²) in [7, 11) is -1.49. The summed E-state index contributed by atoms with van der Waals surface area (Å²) in [6, 6.07) is 0. The highest BCUT2D eigenvalue weighted by atomic mass is 35.6. The van der Waals surface area contributed by atoms with Crippen LogP contribution < -0.4 is 0 Å². The molecular formula is C12H21ClSi. The fourth-order valence-electron chi connectivity index (χ4n) is 3.64. The third-order valence-corrected chi connectivity index (χ3v) is 7.08. The highest BCUT2D eigenvalue weighted by Crippen LogP contribution is 2.53. The second kappa shape index (κ2) is 3.68. The van der Waals surface area contributed by atoms with Crippen molar-refractivity contribution in [2.24, 2.45) is 11.8 Å². The van der Waals surface area contributed by atoms with E-state index in [1.807, 2.05) is 0 Å². The maximum absolute atomic E-state index is 6.65. The van der Waals surface area contributed by atoms with E-state index in [9.17, 15) is 0 Å². The molecule has 0 saturated heterocycles. The van der Waals surface area contributed by atoms with Crippen LogP contribution in [0.2, 0.25) is 18.6 Å². The zero-order valence-electron chi connectivity index (χ0n) is 9.52. The van der Waals surface area contributed by atoms with E-state index >= 15 is 0 Å². The van der Waals surface area contributed by atoms with Gasteiger partial charge in [0.25, 0.3) is 0 Å². The predicted octanol–water partition coefficient (Wildman–Crippen LogP) is 4.57. The summed E-state index contributed by atoms with van der Waals surface area (Å²) in [6.07, 6.45) is 8.24. The van der Waals surface area contributed by atoms with Gasteiger partial charge in [0.15, 0.2) is 7.38 Å². The molecule has 80 valence electrons. The van der Waals surface area contributed by atoms with Gasteiger partial charge in [-0.1, -0.05) is 37.6 Å². The zero-order chi connectivity index (χ0) is 10.3. The monoisotopic (exact) mass is 228 g/mol. The summed E-state index contributed by atoms with van der Waals surface area (Å²) < 4.78 is 0. The normalized spacial score (nSPS) is 38.0. The molecule has 0 heterocycles. The van der Waals surface area contributed by atoms with E-state index in [2.05, 4.69) is 26.1 Å². The van der Waals surface area contributed by atoms with Crippen LogP contribution in [0.1, 0.15) is 32.6 Å². The number of fused-ring (bicyclic) bond motifs is 1. The lowest BCUT2D eigenvalue weighted by atomic mass is 9.81. The number of allylic oxidation sites excluding steroid dienone is 2. The molecule has 2 heteroatoms. The Morgan fingerprint density at radius 3 is 2.57 bits per heavy atom. The molecule has 0 aromatic carbocycles. The van der Waals surface area contributed by atoms with Gasteiger partial charge in [-0.3, -0.25) is 0 Å². The fourth-order valence-corrected chi connectivity index (χ4v) is 7.25. The van der Waals surface area contributed by atoms with Crippen LogP contribution in [0.25, 0.3) is 0 Å². The van der Waals surface area contributed by atoms with Crippen LogP contribution in [0.3, 0.4) is 0 Å². The maximum Gasteiger partial charge on any atom is 0.157 e. The van der Waals surface area contributed by atoms with Crippen molar-refractivity contribution < 1.29 is 0 Å². The lowest BCUT2D eigenvalue weighted by molar-refractivity contribution is 0.300. The van der Waals surface area contributed by atoms with Crippen molar-refractivity contribution in [3.05, 3.63) is 11.6 Å². The fraction of sp³-hybridized carbons (Fsp3) is 0.833. The smallest absolute Gasteiger partial charge is 0.157 e. The number of halogens is 1. The van der Waals surface area contributed by atoms with Crippen molar-refractivity contribution in [2.75, 3.05) is 0 Å². The Morgan fingerprint density at radius 1 is 1.29 bits per heavy atom. The Bertz CT molecular complexity index is 252. The predicted molar refractivity (Wildman–Crippen MR) is 66.3 cm³/mol. The van der Waals surface area contributed by atoms with Gasteiger partial charge in [0.2, 0.25) is 0 Å². The first kappa shape index (κ1) is 10.8. The average Bonchev–Trinajstić information content (AvgIpc) is 2.38. The second-order valence-corrected chi connectivity index (χ2v) is 12.2. The Balaban J connectivity index is 2.21. The summed E-state index contributed by atoms with van der Waals surface area (Å²) in [5, 5.41) is 0. The van der Waals surface area contributed by atoms with E-state index in [0.717, 1.165) is 17.4 Å². The van der Waals surface area contributed by atoms with Gasteiger partial charge in [-0.2, -0.15) is 11.1 Å². The van der Waals surface area contributed by atoms with Crippen molar-refractivity contribution in [1.82, 2.24) is 0 Å². The zero-order valence-corrected chi connectivity index (χ0v) is 11.3. The third-order valence-electron chi connectivity index (χ3n) is 4.01. The van der Waals surface area contributed by atoms with E-state index in [4.69, 9.17) is 11.1 Å². The minimum atomic E-state index is -1.49. The molecule has 3 atom stereocenters. The standard InChI is InChI=1S/C12H21ClSi/c1-9-8-10-6-4-5-7-11(10)12(9)14(2,3)13/h8,10-12H,4-7H2,1-3H3. The van der Waals surface area contributed by atoms with Crippen molar-refractivity contribution >= 4 is 18.5 Å². The molecule has 0 aromatic rings. The minimum Gasteiger partial charge on any atom is -0.167 e. The molecule has 3 unspecified atom stereocenters. The quantitative estimate of drug-likeness (QED) is 0.351. The molecule has 0 bridgehead atoms. The van der Waals surface area contributed by atoms with Crippen LogP contribution in [0.15, 0.2) is 11.6 Å². The van der Waals surface area contributed by atoms with Gasteiger partial charge in [0.05, 0.1) is 0 Å². The molecule has 14 heavy (non-hydrogen) atoms. The van der Waals surface area contributed by atoms with Crippen LogP contribution in [-0.2, 0) is 0 Å². The Hall–Kier alpha value is 0.247. The van der Waals surface area contributed by atoms with Gasteiger partial charge in [0.1, 0.15) is 0 Å². The molecule has 0 amide bonds. The summed E-state index contributed by atoms with van der Waals surface area (Å²) in [5.74, 6) is 1.78. The van der Waals surface area contributed by atoms with E-state index in [-0.39, 0.29) is 0 Å². The topological polar surface area (TPSA) is 0 Å². The molecule has 0 N–H and O–H groups in total. The van der Waals surface area contributed by atoms with Gasteiger partial charge < -0.3 is 0 Å². The van der Waals surface area contributed by atoms with Crippen molar-refractivity contribution in [3.8, 4) is 0 Å². The summed E-state index contributed by atoms with van der Waals surface area (Å²) >= 11 is 6.65. The minimum absolute atomic E-state index is 0.759. The highest BCUT2D eigenvalue weighted by Gasteiger charge is 2.44. The van der Waals surface area contributed by atoms with E-state index in [0.29, 0.717) is 0 Å². The van der Waals surface area contributed by atoms with Gasteiger partial charge in [-0.15, -0.1) is 0 Å². The lowest BCUT2D eigenvalue weighted by Crippen LogP contribution is -2.32. The van der Waals surface area contributed by atoms with Gasteiger partial charge in [0, 0.05) is 0 Å². The van der Waals surface area contributed by atoms with E-state index < -0.39 is 7.38 Å². The van der Waals surface area contributed by atoms with Crippen LogP contribution >= 0.6 is 11.1 Å². The van der Waals surface area contributed by atoms with E-state index in [1.165, 1.54) is 25.7 Å². The molecule has 0 nitrogen and oxygen atoms in total. The van der Waals surface area contributed by atoms with E-state index in [1.54, 1.807) is 5.57 Å². The summed E-state index contributed by atoms with van der Waals surface area (Å²) in [4.78, 5) is 0. The first-order chi connectivity index (χ1) is 6.50. The Labute approximate surface area is 93.4 Å². The molecule has 2 rings (SSSR count). The molecular weight excluding hydrogens is 208 g/mol. The average molecular weight is 229 g/mol. The van der Waals surface area contributed by atoms with Crippen LogP contribution in [0.5, 0.6) is 0 Å². The molecule has 0 aliphatic heterocycles. The highest BCUT2D eigenvalue weighted by molar-refractivity contribution is 7.20. The lowest BCUT2D eigenvalue weighted by Gasteiger charge is -2.35. The molecule has 2 aliphatic rings. The summed E-state index contributed by atoms with van der Waals surface area (Å²) in [5.41, 5.74) is 2.36. The molecule has 0 aromatic heterocycles. The van der Waals surface area contributed by atoms with Crippen molar-refractivity contribution in [3.63, 3.8) is 0 Å². The SMILES string of the molecule is CC1=CC2CCCCC2C1[Si](C)(C)Cl. The first-order valence-corrected chi connectivity index (χ1v) is 9.96. The first-order valence-electron chi connectivity index (χ1n) is 5.87. The number of hydrogen-bond donors (Lipinski definition) is 0. The maximum atomic E-state index is 6.65. The number of hydrogen-bond acceptors (Lipinski definition) is 0. The van der Waals surface area contributed by atoms with Gasteiger partial charge in [-0.25, -0.2) is 0 Å². The van der Waals surface area contributed by atoms with Gasteiger partial charge in [-0.05, 0) is 37.1 Å². The largest absolute Gasteiger partial charge is 0.167 e. The molecule has 1 fully saturated rings. The molecule has 0 radical (unpaired) electrons. The van der Waals surface area contributed by atoms with Crippen LogP contribution in [0.4, 0.5) is 0 Å². The second-order valence-electron chi connectivity index (χ2n) is 5.56. The molecule has 1 saturated carbocycles. The Kier molecular flexibility index (Phi) is 2.82. The van der Waals surface area contributed by atoms with Crippen molar-refractivity contribution in [2.45, 2.75) is 51.2 Å². The van der Waals surface area contributed by atoms with Crippen LogP contribution in [-0.4, -0.2) is 7.38 Å². The van der Waals surface area contributed by atoms with Crippen molar-refractivity contribution in [1.29, 1.82) is 0 Å². The van der Waals surface area contributed by atoms with Gasteiger partial charge >= 0.3 is 0 Å². The Morgan fingerprint density at radius 2 is 1.93 bits per heavy atom. The molecule has 0 spiro atoms. The van der Waals surface area contributed by atoms with Crippen LogP contribution in [0, 0.1) is 11.8 Å². The third kappa shape index (κ3) is 1.81. The molecule has 2 aliphatic carbocycles. The number of rotatable bonds is 1.